The third kappa shape index (κ3) is 9.02. The minimum Gasteiger partial charge on any atom is -0.438 e. The summed E-state index contributed by atoms with van der Waals surface area (Å²) in [7, 11) is 0. The second kappa shape index (κ2) is 15.6. The van der Waals surface area contributed by atoms with Gasteiger partial charge in [-0.2, -0.15) is 0 Å². The Kier molecular flexibility index (Phi) is 10.9. The van der Waals surface area contributed by atoms with Crippen molar-refractivity contribution in [3.05, 3.63) is 93.8 Å². The van der Waals surface area contributed by atoms with Crippen LogP contribution < -0.4 is 15.4 Å². The molecule has 0 bridgehead atoms. The number of carbonyl (C=O) groups is 2. The molecule has 0 radical (unpaired) electrons. The van der Waals surface area contributed by atoms with Crippen LogP contribution in [0.1, 0.15) is 76.4 Å². The molecule has 1 saturated heterocycles. The molecule has 3 heterocycles. The summed E-state index contributed by atoms with van der Waals surface area (Å²) in [5, 5.41) is 8.66. The van der Waals surface area contributed by atoms with Crippen molar-refractivity contribution in [1.82, 2.24) is 25.5 Å². The topological polar surface area (TPSA) is 96.5 Å². The molecule has 2 fully saturated rings. The molecular weight excluding hydrogens is 614 g/mol. The van der Waals surface area contributed by atoms with Crippen LogP contribution in [0.4, 0.5) is 4.39 Å². The number of halogens is 1. The number of pyridine rings is 1. The Morgan fingerprint density at radius 1 is 1.00 bits per heavy atom. The molecule has 0 unspecified atom stereocenters. The van der Waals surface area contributed by atoms with E-state index in [1.165, 1.54) is 55.3 Å². The summed E-state index contributed by atoms with van der Waals surface area (Å²) >= 11 is 1.45. The number of hydrogen-bond donors (Lipinski definition) is 2. The summed E-state index contributed by atoms with van der Waals surface area (Å²) in [4.78, 5) is 36.6. The monoisotopic (exact) mass is 655 g/mol. The van der Waals surface area contributed by atoms with Crippen LogP contribution in [0.25, 0.3) is 11.1 Å². The zero-order chi connectivity index (χ0) is 32.6. The van der Waals surface area contributed by atoms with E-state index < -0.39 is 11.7 Å². The van der Waals surface area contributed by atoms with Crippen molar-refractivity contribution >= 4 is 23.2 Å². The Morgan fingerprint density at radius 3 is 2.53 bits per heavy atom. The van der Waals surface area contributed by atoms with Gasteiger partial charge < -0.3 is 20.3 Å². The van der Waals surface area contributed by atoms with Gasteiger partial charge in [-0.1, -0.05) is 36.4 Å². The number of benzene rings is 2. The minimum absolute atomic E-state index is 0.0571. The van der Waals surface area contributed by atoms with E-state index in [0.29, 0.717) is 23.9 Å². The van der Waals surface area contributed by atoms with Crippen LogP contribution in [0.5, 0.6) is 11.6 Å². The van der Waals surface area contributed by atoms with Crippen LogP contribution in [-0.4, -0.2) is 58.9 Å². The Labute approximate surface area is 279 Å². The summed E-state index contributed by atoms with van der Waals surface area (Å²) in [6.45, 7) is 6.08. The number of nitrogens with one attached hydrogen (secondary N) is 2. The standard InChI is InChI=1S/C37H42FN5O3S/c1-25-41-34(24-47-25)36(45)39-22-27-11-15-31(16-12-27)42-35(44)33-21-30(38)23-40-37(33)46-32-8-4-7-29(20-32)28-13-9-26(10-14-28)6-5-19-43-17-2-3-18-43/h4,7-10,13-14,20-21,23-24,27,31H,2-3,5-6,11-12,15-19,22H2,1H3,(H,39,45)(H,42,44). The number of aryl methyl sites for hydroxylation is 2. The van der Waals surface area contributed by atoms with Crippen molar-refractivity contribution in [1.29, 1.82) is 0 Å². The number of aromatic nitrogens is 2. The summed E-state index contributed by atoms with van der Waals surface area (Å²) in [5.41, 5.74) is 3.88. The van der Waals surface area contributed by atoms with Crippen LogP contribution in [0.15, 0.2) is 66.2 Å². The highest BCUT2D eigenvalue weighted by Crippen LogP contribution is 2.30. The number of amides is 2. The normalized spacial score (nSPS) is 18.2. The summed E-state index contributed by atoms with van der Waals surface area (Å²) in [6.07, 6.45) is 9.18. The molecule has 1 saturated carbocycles. The first-order valence-corrected chi connectivity index (χ1v) is 17.5. The molecular formula is C37H42FN5O3S. The summed E-state index contributed by atoms with van der Waals surface area (Å²) < 4.78 is 20.4. The van der Waals surface area contributed by atoms with E-state index in [4.69, 9.17) is 4.74 Å². The fourth-order valence-corrected chi connectivity index (χ4v) is 7.06. The van der Waals surface area contributed by atoms with Crippen LogP contribution in [0.2, 0.25) is 0 Å². The molecule has 2 aromatic heterocycles. The number of thiazole rings is 1. The predicted molar refractivity (Wildman–Crippen MR) is 183 cm³/mol. The second-order valence-corrected chi connectivity index (χ2v) is 13.7. The molecule has 47 heavy (non-hydrogen) atoms. The molecule has 6 rings (SSSR count). The average Bonchev–Trinajstić information content (AvgIpc) is 3.77. The van der Waals surface area contributed by atoms with Crippen molar-refractivity contribution in [3.63, 3.8) is 0 Å². The smallest absolute Gasteiger partial charge is 0.270 e. The molecule has 1 aliphatic heterocycles. The average molecular weight is 656 g/mol. The lowest BCUT2D eigenvalue weighted by Gasteiger charge is -2.29. The lowest BCUT2D eigenvalue weighted by Crippen LogP contribution is -2.40. The first-order valence-electron chi connectivity index (χ1n) is 16.7. The van der Waals surface area contributed by atoms with Crippen molar-refractivity contribution in [2.45, 2.75) is 64.3 Å². The Hall–Kier alpha value is -4.15. The molecule has 4 aromatic rings. The lowest BCUT2D eigenvalue weighted by atomic mass is 9.86. The van der Waals surface area contributed by atoms with Gasteiger partial charge >= 0.3 is 0 Å². The molecule has 10 heteroatoms. The van der Waals surface area contributed by atoms with E-state index in [1.807, 2.05) is 25.1 Å². The van der Waals surface area contributed by atoms with Crippen molar-refractivity contribution in [2.75, 3.05) is 26.2 Å². The van der Waals surface area contributed by atoms with E-state index in [1.54, 1.807) is 11.4 Å². The van der Waals surface area contributed by atoms with Crippen LogP contribution in [0.3, 0.4) is 0 Å². The minimum atomic E-state index is -0.605. The van der Waals surface area contributed by atoms with Gasteiger partial charge in [0.05, 0.1) is 11.2 Å². The molecule has 8 nitrogen and oxygen atoms in total. The highest BCUT2D eigenvalue weighted by Gasteiger charge is 2.25. The van der Waals surface area contributed by atoms with Crippen LogP contribution in [0, 0.1) is 18.7 Å². The first-order chi connectivity index (χ1) is 22.9. The molecule has 2 amide bonds. The molecule has 2 aromatic carbocycles. The highest BCUT2D eigenvalue weighted by atomic mass is 32.1. The zero-order valence-corrected chi connectivity index (χ0v) is 27.7. The Balaban J connectivity index is 1.02. The van der Waals surface area contributed by atoms with Crippen LogP contribution >= 0.6 is 11.3 Å². The number of hydrogen-bond acceptors (Lipinski definition) is 7. The van der Waals surface area contributed by atoms with Gasteiger partial charge in [-0.15, -0.1) is 11.3 Å². The fraction of sp³-hybridized carbons (Fsp3) is 0.405. The maximum Gasteiger partial charge on any atom is 0.270 e. The van der Waals surface area contributed by atoms with Crippen molar-refractivity contribution in [3.8, 4) is 22.8 Å². The van der Waals surface area contributed by atoms with Crippen LogP contribution in [-0.2, 0) is 6.42 Å². The van der Waals surface area contributed by atoms with E-state index in [-0.39, 0.29) is 23.4 Å². The maximum absolute atomic E-state index is 14.3. The third-order valence-corrected chi connectivity index (χ3v) is 9.90. The molecule has 2 N–H and O–H groups in total. The number of likely N-dealkylation sites (tertiary alicyclic amines) is 1. The van der Waals surface area contributed by atoms with E-state index >= 15 is 0 Å². The molecule has 2 aliphatic rings. The van der Waals surface area contributed by atoms with E-state index in [9.17, 15) is 14.0 Å². The lowest BCUT2D eigenvalue weighted by molar-refractivity contribution is 0.0916. The van der Waals surface area contributed by atoms with Gasteiger partial charge in [-0.25, -0.2) is 14.4 Å². The van der Waals surface area contributed by atoms with Gasteiger partial charge in [-0.05, 0) is 119 Å². The number of nitrogens with zero attached hydrogens (tertiary/aromatic N) is 3. The molecule has 0 atom stereocenters. The maximum atomic E-state index is 14.3. The van der Waals surface area contributed by atoms with Gasteiger partial charge in [0.15, 0.2) is 0 Å². The molecule has 0 spiro atoms. The van der Waals surface area contributed by atoms with E-state index in [2.05, 4.69) is 49.8 Å². The zero-order valence-electron chi connectivity index (χ0n) is 26.8. The Bertz CT molecular complexity index is 1660. The second-order valence-electron chi connectivity index (χ2n) is 12.6. The fourth-order valence-electron chi connectivity index (χ4n) is 6.47. The van der Waals surface area contributed by atoms with Gasteiger partial charge in [0, 0.05) is 18.0 Å². The Morgan fingerprint density at radius 2 is 1.79 bits per heavy atom. The predicted octanol–water partition coefficient (Wildman–Crippen LogP) is 7.19. The highest BCUT2D eigenvalue weighted by molar-refractivity contribution is 7.09. The molecule has 1 aliphatic carbocycles. The van der Waals surface area contributed by atoms with Gasteiger partial charge in [0.2, 0.25) is 5.88 Å². The SMILES string of the molecule is Cc1nc(C(=O)NCC2CCC(NC(=O)c3cc(F)cnc3Oc3cccc(-c4ccc(CCCN5CCCC5)cc4)c3)CC2)cs1. The van der Waals surface area contributed by atoms with Crippen molar-refractivity contribution in [2.24, 2.45) is 5.92 Å². The van der Waals surface area contributed by atoms with Gasteiger partial charge in [-0.3, -0.25) is 9.59 Å². The van der Waals surface area contributed by atoms with E-state index in [0.717, 1.165) is 61.0 Å². The summed E-state index contributed by atoms with van der Waals surface area (Å²) in [6, 6.07) is 17.4. The molecule has 246 valence electrons. The third-order valence-electron chi connectivity index (χ3n) is 9.12. The summed E-state index contributed by atoms with van der Waals surface area (Å²) in [5.74, 6) is -0.280. The largest absolute Gasteiger partial charge is 0.438 e. The quantitative estimate of drug-likeness (QED) is 0.168. The van der Waals surface area contributed by atoms with Gasteiger partial charge in [0.25, 0.3) is 11.8 Å². The number of carbonyl (C=O) groups excluding carboxylic acids is 2. The first kappa shape index (κ1) is 32.8. The van der Waals surface area contributed by atoms with Gasteiger partial charge in [0.1, 0.15) is 22.8 Å². The number of rotatable bonds is 12. The van der Waals surface area contributed by atoms with Crippen molar-refractivity contribution < 1.29 is 18.7 Å². The number of ether oxygens (including phenoxy) is 1.